The van der Waals surface area contributed by atoms with E-state index in [1.165, 1.54) is 5.56 Å². The van der Waals surface area contributed by atoms with Crippen molar-refractivity contribution in [3.8, 4) is 0 Å². The summed E-state index contributed by atoms with van der Waals surface area (Å²) in [5.74, 6) is 0.213. The predicted octanol–water partition coefficient (Wildman–Crippen LogP) is 3.38. The van der Waals surface area contributed by atoms with Crippen LogP contribution in [0.25, 0.3) is 6.08 Å². The van der Waals surface area contributed by atoms with E-state index >= 15 is 0 Å². The number of rotatable bonds is 3. The number of carbonyl (C=O) groups excluding carboxylic acids is 1. The standard InChI is InChI=1S/C13H16O/c1-4-13(14)11(3)9-12-7-5-10(2)6-8-12/h5-9H,4H2,1-3H3/b11-9+. The molecule has 1 aromatic carbocycles. The molecule has 0 spiro atoms. The van der Waals surface area contributed by atoms with E-state index in [9.17, 15) is 4.79 Å². The molecule has 0 atom stereocenters. The van der Waals surface area contributed by atoms with Crippen LogP contribution < -0.4 is 0 Å². The lowest BCUT2D eigenvalue weighted by atomic mass is 10.1. The maximum atomic E-state index is 11.3. The lowest BCUT2D eigenvalue weighted by Gasteiger charge is -1.98. The van der Waals surface area contributed by atoms with Crippen LogP contribution >= 0.6 is 0 Å². The number of hydrogen-bond acceptors (Lipinski definition) is 1. The maximum absolute atomic E-state index is 11.3. The molecule has 1 aromatic rings. The summed E-state index contributed by atoms with van der Waals surface area (Å²) in [6.07, 6.45) is 2.51. The molecule has 0 saturated heterocycles. The fraction of sp³-hybridized carbons (Fsp3) is 0.308. The fourth-order valence-corrected chi connectivity index (χ4v) is 1.27. The van der Waals surface area contributed by atoms with Gasteiger partial charge in [-0.15, -0.1) is 0 Å². The molecule has 0 fully saturated rings. The van der Waals surface area contributed by atoms with Crippen LogP contribution in [0.5, 0.6) is 0 Å². The molecule has 74 valence electrons. The van der Waals surface area contributed by atoms with E-state index in [4.69, 9.17) is 0 Å². The molecule has 0 N–H and O–H groups in total. The molecule has 14 heavy (non-hydrogen) atoms. The van der Waals surface area contributed by atoms with E-state index in [0.717, 1.165) is 11.1 Å². The highest BCUT2D eigenvalue weighted by atomic mass is 16.1. The summed E-state index contributed by atoms with van der Waals surface area (Å²) in [5, 5.41) is 0. The van der Waals surface area contributed by atoms with Gasteiger partial charge in [0.25, 0.3) is 0 Å². The Labute approximate surface area is 85.5 Å². The van der Waals surface area contributed by atoms with Gasteiger partial charge in [-0.3, -0.25) is 4.79 Å². The van der Waals surface area contributed by atoms with Crippen LogP contribution in [0.2, 0.25) is 0 Å². The second-order valence-corrected chi connectivity index (χ2v) is 3.51. The largest absolute Gasteiger partial charge is 0.295 e. The van der Waals surface area contributed by atoms with Crippen molar-refractivity contribution in [2.24, 2.45) is 0 Å². The van der Waals surface area contributed by atoms with Gasteiger partial charge in [-0.05, 0) is 31.1 Å². The number of Topliss-reactive ketones (excluding diaryl/α,β-unsaturated/α-hetero) is 1. The number of ketones is 1. The van der Waals surface area contributed by atoms with Gasteiger partial charge >= 0.3 is 0 Å². The first-order chi connectivity index (χ1) is 6.63. The van der Waals surface area contributed by atoms with E-state index < -0.39 is 0 Å². The van der Waals surface area contributed by atoms with Gasteiger partial charge in [-0.1, -0.05) is 36.8 Å². The Bertz CT molecular complexity index is 344. The van der Waals surface area contributed by atoms with Crippen LogP contribution in [0.1, 0.15) is 31.4 Å². The number of aryl methyl sites for hydroxylation is 1. The van der Waals surface area contributed by atoms with Gasteiger partial charge in [0.15, 0.2) is 5.78 Å². The van der Waals surface area contributed by atoms with Crippen molar-refractivity contribution in [3.05, 3.63) is 41.0 Å². The van der Waals surface area contributed by atoms with Crippen molar-refractivity contribution in [1.29, 1.82) is 0 Å². The number of hydrogen-bond donors (Lipinski definition) is 0. The van der Waals surface area contributed by atoms with Gasteiger partial charge in [0.1, 0.15) is 0 Å². The summed E-state index contributed by atoms with van der Waals surface area (Å²) in [6, 6.07) is 8.16. The molecule has 0 aliphatic rings. The normalized spacial score (nSPS) is 11.5. The van der Waals surface area contributed by atoms with Crippen LogP contribution in [0.4, 0.5) is 0 Å². The second kappa shape index (κ2) is 4.75. The summed E-state index contributed by atoms with van der Waals surface area (Å²) in [6.45, 7) is 5.80. The summed E-state index contributed by atoms with van der Waals surface area (Å²) in [7, 11) is 0. The van der Waals surface area contributed by atoms with Crippen molar-refractivity contribution in [2.75, 3.05) is 0 Å². The van der Waals surface area contributed by atoms with Gasteiger partial charge in [0.2, 0.25) is 0 Å². The van der Waals surface area contributed by atoms with E-state index in [1.54, 1.807) is 0 Å². The molecule has 0 saturated carbocycles. The molecule has 0 bridgehead atoms. The lowest BCUT2D eigenvalue weighted by molar-refractivity contribution is -0.115. The average Bonchev–Trinajstić information content (AvgIpc) is 2.20. The monoisotopic (exact) mass is 188 g/mol. The highest BCUT2D eigenvalue weighted by Crippen LogP contribution is 2.09. The summed E-state index contributed by atoms with van der Waals surface area (Å²) < 4.78 is 0. The third kappa shape index (κ3) is 2.84. The fourth-order valence-electron chi connectivity index (χ4n) is 1.27. The van der Waals surface area contributed by atoms with Crippen molar-refractivity contribution in [2.45, 2.75) is 27.2 Å². The molecule has 1 nitrogen and oxygen atoms in total. The summed E-state index contributed by atoms with van der Waals surface area (Å²) >= 11 is 0. The minimum atomic E-state index is 0.213. The molecular formula is C13H16O. The Morgan fingerprint density at radius 2 is 1.86 bits per heavy atom. The molecular weight excluding hydrogens is 172 g/mol. The Morgan fingerprint density at radius 1 is 1.29 bits per heavy atom. The Balaban J connectivity index is 2.86. The minimum Gasteiger partial charge on any atom is -0.295 e. The van der Waals surface area contributed by atoms with Crippen LogP contribution in [0.15, 0.2) is 29.8 Å². The summed E-state index contributed by atoms with van der Waals surface area (Å²) in [5.41, 5.74) is 3.16. The van der Waals surface area contributed by atoms with Crippen LogP contribution in [-0.2, 0) is 4.79 Å². The molecule has 0 aliphatic carbocycles. The minimum absolute atomic E-state index is 0.213. The van der Waals surface area contributed by atoms with Crippen LogP contribution in [-0.4, -0.2) is 5.78 Å². The van der Waals surface area contributed by atoms with Gasteiger partial charge in [0, 0.05) is 6.42 Å². The van der Waals surface area contributed by atoms with E-state index in [1.807, 2.05) is 32.1 Å². The van der Waals surface area contributed by atoms with E-state index in [0.29, 0.717) is 6.42 Å². The first-order valence-electron chi connectivity index (χ1n) is 4.91. The number of allylic oxidation sites excluding steroid dienone is 1. The number of benzene rings is 1. The van der Waals surface area contributed by atoms with E-state index in [-0.39, 0.29) is 5.78 Å². The predicted molar refractivity (Wildman–Crippen MR) is 60.1 cm³/mol. The highest BCUT2D eigenvalue weighted by Gasteiger charge is 2.00. The van der Waals surface area contributed by atoms with Gasteiger partial charge in [-0.2, -0.15) is 0 Å². The zero-order valence-corrected chi connectivity index (χ0v) is 9.00. The Kier molecular flexibility index (Phi) is 3.63. The Hall–Kier alpha value is -1.37. The highest BCUT2D eigenvalue weighted by molar-refractivity contribution is 5.98. The van der Waals surface area contributed by atoms with Crippen molar-refractivity contribution >= 4 is 11.9 Å². The molecule has 1 heteroatoms. The topological polar surface area (TPSA) is 17.1 Å². The zero-order valence-electron chi connectivity index (χ0n) is 9.00. The van der Waals surface area contributed by atoms with Crippen LogP contribution in [0.3, 0.4) is 0 Å². The van der Waals surface area contributed by atoms with Gasteiger partial charge in [0.05, 0.1) is 0 Å². The van der Waals surface area contributed by atoms with E-state index in [2.05, 4.69) is 19.1 Å². The first-order valence-corrected chi connectivity index (χ1v) is 4.91. The number of carbonyl (C=O) groups is 1. The van der Waals surface area contributed by atoms with Crippen molar-refractivity contribution < 1.29 is 4.79 Å². The Morgan fingerprint density at radius 3 is 2.36 bits per heavy atom. The van der Waals surface area contributed by atoms with Crippen LogP contribution in [0, 0.1) is 6.92 Å². The third-order valence-corrected chi connectivity index (χ3v) is 2.22. The van der Waals surface area contributed by atoms with Gasteiger partial charge < -0.3 is 0 Å². The molecule has 0 amide bonds. The molecule has 1 rings (SSSR count). The summed E-state index contributed by atoms with van der Waals surface area (Å²) in [4.78, 5) is 11.3. The molecule has 0 aromatic heterocycles. The SMILES string of the molecule is CCC(=O)/C(C)=C/c1ccc(C)cc1. The second-order valence-electron chi connectivity index (χ2n) is 3.51. The van der Waals surface area contributed by atoms with Gasteiger partial charge in [-0.25, -0.2) is 0 Å². The average molecular weight is 188 g/mol. The lowest BCUT2D eigenvalue weighted by Crippen LogP contribution is -1.95. The van der Waals surface area contributed by atoms with Crippen molar-refractivity contribution in [3.63, 3.8) is 0 Å². The molecule has 0 heterocycles. The molecule has 0 unspecified atom stereocenters. The third-order valence-electron chi connectivity index (χ3n) is 2.22. The maximum Gasteiger partial charge on any atom is 0.158 e. The quantitative estimate of drug-likeness (QED) is 0.664. The zero-order chi connectivity index (χ0) is 10.6. The smallest absolute Gasteiger partial charge is 0.158 e. The molecule has 0 aliphatic heterocycles. The molecule has 0 radical (unpaired) electrons. The van der Waals surface area contributed by atoms with Crippen molar-refractivity contribution in [1.82, 2.24) is 0 Å². The first kappa shape index (κ1) is 10.7.